The third-order valence-electron chi connectivity index (χ3n) is 1.85. The largest absolute Gasteiger partial charge is 0.471 e. The third-order valence-corrected chi connectivity index (χ3v) is 1.85. The second kappa shape index (κ2) is 4.99. The van der Waals surface area contributed by atoms with E-state index in [1.54, 1.807) is 0 Å². The quantitative estimate of drug-likeness (QED) is 0.792. The van der Waals surface area contributed by atoms with Crippen molar-refractivity contribution in [3.63, 3.8) is 0 Å². The van der Waals surface area contributed by atoms with Gasteiger partial charge in [-0.15, -0.1) is 0 Å². The molecule has 0 saturated heterocycles. The molecule has 9 heteroatoms. The molecule has 0 aromatic carbocycles. The lowest BCUT2D eigenvalue weighted by atomic mass is 10.2. The van der Waals surface area contributed by atoms with Crippen LogP contribution >= 0.6 is 0 Å². The number of alkyl halides is 6. The maximum atomic E-state index is 12.8. The summed E-state index contributed by atoms with van der Waals surface area (Å²) >= 11 is 0. The molecule has 1 heterocycles. The summed E-state index contributed by atoms with van der Waals surface area (Å²) in [4.78, 5) is 7.02. The molecule has 0 amide bonds. The number of nitrogens with zero attached hydrogens (tertiary/aromatic N) is 2. The molecule has 0 fully saturated rings. The predicted molar refractivity (Wildman–Crippen MR) is 48.2 cm³/mol. The van der Waals surface area contributed by atoms with Crippen LogP contribution < -0.4 is 4.74 Å². The van der Waals surface area contributed by atoms with E-state index >= 15 is 0 Å². The van der Waals surface area contributed by atoms with Crippen LogP contribution in [0.1, 0.15) is 5.69 Å². The first kappa shape index (κ1) is 14.5. The first-order chi connectivity index (χ1) is 8.13. The maximum Gasteiger partial charge on any atom is 0.425 e. The average molecular weight is 274 g/mol. The number of ether oxygens (including phenoxy) is 1. The highest BCUT2D eigenvalue weighted by molar-refractivity contribution is 5.12. The van der Waals surface area contributed by atoms with E-state index in [1.165, 1.54) is 6.92 Å². The lowest BCUT2D eigenvalue weighted by Gasteiger charge is -2.22. The van der Waals surface area contributed by atoms with Gasteiger partial charge in [0, 0.05) is 11.8 Å². The summed E-state index contributed by atoms with van der Waals surface area (Å²) in [5.41, 5.74) is 0.371. The Bertz CT molecular complexity index is 408. The van der Waals surface area contributed by atoms with Crippen molar-refractivity contribution in [3.8, 4) is 5.88 Å². The van der Waals surface area contributed by atoms with Crippen LogP contribution in [0.5, 0.6) is 5.88 Å². The Balaban J connectivity index is 2.67. The van der Waals surface area contributed by atoms with E-state index in [1.807, 2.05) is 0 Å². The number of halogens is 6. The highest BCUT2D eigenvalue weighted by Gasteiger charge is 2.57. The molecular weight excluding hydrogens is 266 g/mol. The van der Waals surface area contributed by atoms with Gasteiger partial charge in [0.25, 0.3) is 6.17 Å². The topological polar surface area (TPSA) is 35.0 Å². The molecule has 0 spiro atoms. The van der Waals surface area contributed by atoms with E-state index in [0.29, 0.717) is 5.69 Å². The van der Waals surface area contributed by atoms with Crippen LogP contribution in [0.2, 0.25) is 0 Å². The normalized spacial score (nSPS) is 14.4. The first-order valence-corrected chi connectivity index (χ1v) is 4.63. The molecule has 0 aliphatic carbocycles. The molecule has 1 unspecified atom stereocenters. The molecular formula is C9H8F6N2O. The Morgan fingerprint density at radius 1 is 1.22 bits per heavy atom. The third kappa shape index (κ3) is 3.74. The predicted octanol–water partition coefficient (Wildman–Crippen LogP) is 2.70. The summed E-state index contributed by atoms with van der Waals surface area (Å²) in [6.45, 7) is -0.259. The lowest BCUT2D eigenvalue weighted by molar-refractivity contribution is -0.250. The van der Waals surface area contributed by atoms with Crippen molar-refractivity contribution in [2.24, 2.45) is 0 Å². The van der Waals surface area contributed by atoms with E-state index in [4.69, 9.17) is 0 Å². The molecule has 0 radical (unpaired) electrons. The van der Waals surface area contributed by atoms with Gasteiger partial charge in [-0.2, -0.15) is 22.0 Å². The van der Waals surface area contributed by atoms with Crippen molar-refractivity contribution in [3.05, 3.63) is 18.1 Å². The molecule has 0 aliphatic rings. The van der Waals surface area contributed by atoms with E-state index < -0.39 is 24.9 Å². The number of aromatic nitrogens is 2. The van der Waals surface area contributed by atoms with Gasteiger partial charge in [-0.25, -0.2) is 14.4 Å². The SMILES string of the molecule is Cc1cc(OCC(F)(F)C(F)C(F)(F)F)ncn1. The van der Waals surface area contributed by atoms with Crippen LogP contribution in [0.4, 0.5) is 26.3 Å². The molecule has 0 N–H and O–H groups in total. The Hall–Kier alpha value is -1.54. The number of hydrogen-bond acceptors (Lipinski definition) is 3. The van der Waals surface area contributed by atoms with Gasteiger partial charge in [-0.3, -0.25) is 0 Å². The Labute approximate surface area is 97.8 Å². The van der Waals surface area contributed by atoms with Crippen molar-refractivity contribution in [1.29, 1.82) is 0 Å². The molecule has 0 saturated carbocycles. The zero-order valence-corrected chi connectivity index (χ0v) is 9.01. The van der Waals surface area contributed by atoms with Gasteiger partial charge < -0.3 is 4.74 Å². The van der Waals surface area contributed by atoms with Crippen molar-refractivity contribution < 1.29 is 31.1 Å². The van der Waals surface area contributed by atoms with Crippen molar-refractivity contribution in [2.75, 3.05) is 6.61 Å². The number of rotatable bonds is 4. The Morgan fingerprint density at radius 2 is 1.83 bits per heavy atom. The minimum Gasteiger partial charge on any atom is -0.471 e. The van der Waals surface area contributed by atoms with E-state index in [9.17, 15) is 26.3 Å². The zero-order valence-electron chi connectivity index (χ0n) is 9.01. The molecule has 0 bridgehead atoms. The smallest absolute Gasteiger partial charge is 0.425 e. The molecule has 1 atom stereocenters. The van der Waals surface area contributed by atoms with E-state index in [0.717, 1.165) is 12.4 Å². The zero-order chi connectivity index (χ0) is 14.0. The summed E-state index contributed by atoms with van der Waals surface area (Å²) in [5.74, 6) is -5.03. The summed E-state index contributed by atoms with van der Waals surface area (Å²) in [6.07, 6.45) is -8.94. The lowest BCUT2D eigenvalue weighted by Crippen LogP contribution is -2.45. The Kier molecular flexibility index (Phi) is 4.02. The minimum absolute atomic E-state index is 0.350. The van der Waals surface area contributed by atoms with Gasteiger partial charge in [0.1, 0.15) is 6.33 Å². The monoisotopic (exact) mass is 274 g/mol. The molecule has 102 valence electrons. The van der Waals surface area contributed by atoms with Gasteiger partial charge in [-0.1, -0.05) is 0 Å². The fraction of sp³-hybridized carbons (Fsp3) is 0.556. The van der Waals surface area contributed by atoms with Gasteiger partial charge in [0.2, 0.25) is 5.88 Å². The second-order valence-corrected chi connectivity index (χ2v) is 3.45. The van der Waals surface area contributed by atoms with E-state index in [-0.39, 0.29) is 5.88 Å². The van der Waals surface area contributed by atoms with Gasteiger partial charge in [-0.05, 0) is 6.92 Å². The summed E-state index contributed by atoms with van der Waals surface area (Å²) in [7, 11) is 0. The van der Waals surface area contributed by atoms with Gasteiger partial charge in [0.15, 0.2) is 6.61 Å². The molecule has 1 rings (SSSR count). The van der Waals surface area contributed by atoms with Crippen molar-refractivity contribution >= 4 is 0 Å². The summed E-state index contributed by atoms with van der Waals surface area (Å²) < 4.78 is 77.9. The molecule has 18 heavy (non-hydrogen) atoms. The molecule has 0 aliphatic heterocycles. The standard InChI is InChI=1S/C9H8F6N2O/c1-5-2-6(17-4-16-5)18-3-8(11,12)7(10)9(13,14)15/h2,4,7H,3H2,1H3. The molecule has 1 aromatic heterocycles. The van der Waals surface area contributed by atoms with Crippen LogP contribution in [-0.2, 0) is 0 Å². The van der Waals surface area contributed by atoms with Gasteiger partial charge in [0.05, 0.1) is 0 Å². The molecule has 3 nitrogen and oxygen atoms in total. The minimum atomic E-state index is -5.64. The van der Waals surface area contributed by atoms with Crippen molar-refractivity contribution in [2.45, 2.75) is 25.2 Å². The highest BCUT2D eigenvalue weighted by Crippen LogP contribution is 2.35. The fourth-order valence-electron chi connectivity index (χ4n) is 0.992. The van der Waals surface area contributed by atoms with Crippen LogP contribution in [0.15, 0.2) is 12.4 Å². The van der Waals surface area contributed by atoms with Crippen LogP contribution in [0, 0.1) is 6.92 Å². The summed E-state index contributed by atoms with van der Waals surface area (Å²) in [6, 6.07) is 1.14. The average Bonchev–Trinajstić information content (AvgIpc) is 2.24. The maximum absolute atomic E-state index is 12.8. The number of hydrogen-bond donors (Lipinski definition) is 0. The Morgan fingerprint density at radius 3 is 2.33 bits per heavy atom. The summed E-state index contributed by atoms with van der Waals surface area (Å²) in [5, 5.41) is 0. The van der Waals surface area contributed by atoms with Crippen LogP contribution in [0.25, 0.3) is 0 Å². The second-order valence-electron chi connectivity index (χ2n) is 3.45. The van der Waals surface area contributed by atoms with Crippen LogP contribution in [-0.4, -0.2) is 34.8 Å². The van der Waals surface area contributed by atoms with Gasteiger partial charge >= 0.3 is 12.1 Å². The molecule has 1 aromatic rings. The van der Waals surface area contributed by atoms with Crippen LogP contribution in [0.3, 0.4) is 0 Å². The highest BCUT2D eigenvalue weighted by atomic mass is 19.4. The fourth-order valence-corrected chi connectivity index (χ4v) is 0.992. The van der Waals surface area contributed by atoms with E-state index in [2.05, 4.69) is 14.7 Å². The first-order valence-electron chi connectivity index (χ1n) is 4.63. The number of aryl methyl sites for hydroxylation is 1. The van der Waals surface area contributed by atoms with Crippen molar-refractivity contribution in [1.82, 2.24) is 9.97 Å².